The molecule has 0 aliphatic rings. The van der Waals surface area contributed by atoms with Gasteiger partial charge in [-0.25, -0.2) is 18.3 Å². The molecule has 1 aromatic heterocycles. The molecule has 0 spiro atoms. The first kappa shape index (κ1) is 15.5. The smallest absolute Gasteiger partial charge is 0.361 e. The second-order valence-corrected chi connectivity index (χ2v) is 4.22. The number of rotatable bonds is 7. The molecule has 0 bridgehead atoms. The quantitative estimate of drug-likeness (QED) is 0.703. The molecule has 0 saturated heterocycles. The minimum atomic E-state index is -2.81. The average molecular weight is 276 g/mol. The molecule has 0 atom stereocenters. The van der Waals surface area contributed by atoms with E-state index in [1.807, 2.05) is 19.0 Å². The zero-order valence-corrected chi connectivity index (χ0v) is 11.3. The van der Waals surface area contributed by atoms with Gasteiger partial charge in [-0.05, 0) is 34.0 Å². The van der Waals surface area contributed by atoms with Crippen LogP contribution in [0.25, 0.3) is 0 Å². The van der Waals surface area contributed by atoms with E-state index in [1.54, 1.807) is 6.92 Å². The van der Waals surface area contributed by atoms with Crippen LogP contribution in [0.1, 0.15) is 36.0 Å². The second kappa shape index (κ2) is 7.13. The number of aromatic nitrogens is 3. The number of carbonyl (C=O) groups excluding carboxylic acids is 1. The third-order valence-electron chi connectivity index (χ3n) is 2.42. The average Bonchev–Trinajstić information content (AvgIpc) is 2.73. The third kappa shape index (κ3) is 4.23. The van der Waals surface area contributed by atoms with E-state index in [1.165, 1.54) is 0 Å². The zero-order valence-electron chi connectivity index (χ0n) is 11.3. The molecule has 1 rings (SSSR count). The molecule has 108 valence electrons. The number of hydrogen-bond acceptors (Lipinski definition) is 5. The Bertz CT molecular complexity index is 421. The highest BCUT2D eigenvalue weighted by atomic mass is 19.3. The van der Waals surface area contributed by atoms with Crippen molar-refractivity contribution in [2.45, 2.75) is 26.3 Å². The van der Waals surface area contributed by atoms with Crippen molar-refractivity contribution in [3.63, 3.8) is 0 Å². The number of ether oxygens (including phenoxy) is 1. The largest absolute Gasteiger partial charge is 0.461 e. The van der Waals surface area contributed by atoms with Gasteiger partial charge in [-0.2, -0.15) is 0 Å². The van der Waals surface area contributed by atoms with Crippen molar-refractivity contribution in [1.29, 1.82) is 0 Å². The van der Waals surface area contributed by atoms with Crippen LogP contribution in [0.2, 0.25) is 0 Å². The van der Waals surface area contributed by atoms with Gasteiger partial charge in [0.2, 0.25) is 0 Å². The van der Waals surface area contributed by atoms with Crippen LogP contribution in [0.3, 0.4) is 0 Å². The Morgan fingerprint density at radius 2 is 2.16 bits per heavy atom. The molecule has 1 aromatic rings. The molecule has 0 saturated carbocycles. The van der Waals surface area contributed by atoms with Crippen LogP contribution in [0.15, 0.2) is 0 Å². The first-order chi connectivity index (χ1) is 8.97. The fourth-order valence-electron chi connectivity index (χ4n) is 1.58. The van der Waals surface area contributed by atoms with E-state index < -0.39 is 23.8 Å². The van der Waals surface area contributed by atoms with Gasteiger partial charge in [0.15, 0.2) is 5.69 Å². The molecule has 0 fully saturated rings. The third-order valence-corrected chi connectivity index (χ3v) is 2.42. The number of carbonyl (C=O) groups is 1. The maximum absolute atomic E-state index is 13.0. The summed E-state index contributed by atoms with van der Waals surface area (Å²) in [6, 6.07) is 0. The van der Waals surface area contributed by atoms with Crippen LogP contribution in [0.4, 0.5) is 8.78 Å². The molecule has 19 heavy (non-hydrogen) atoms. The van der Waals surface area contributed by atoms with Crippen molar-refractivity contribution in [3.05, 3.63) is 11.4 Å². The summed E-state index contributed by atoms with van der Waals surface area (Å²) >= 11 is 0. The second-order valence-electron chi connectivity index (χ2n) is 4.22. The molecule has 0 aliphatic heterocycles. The molecule has 6 nitrogen and oxygen atoms in total. The molecule has 8 heteroatoms. The fraction of sp³-hybridized carbons (Fsp3) is 0.727. The van der Waals surface area contributed by atoms with Crippen LogP contribution in [0.5, 0.6) is 0 Å². The van der Waals surface area contributed by atoms with Gasteiger partial charge >= 0.3 is 5.97 Å². The minimum Gasteiger partial charge on any atom is -0.461 e. The highest BCUT2D eigenvalue weighted by Crippen LogP contribution is 2.22. The monoisotopic (exact) mass is 276 g/mol. The van der Waals surface area contributed by atoms with Crippen molar-refractivity contribution in [1.82, 2.24) is 19.9 Å². The van der Waals surface area contributed by atoms with Gasteiger partial charge in [0.25, 0.3) is 6.43 Å². The number of hydrogen-bond donors (Lipinski definition) is 0. The molecular weight excluding hydrogens is 258 g/mol. The topological polar surface area (TPSA) is 60.2 Å². The molecule has 0 N–H and O–H groups in total. The van der Waals surface area contributed by atoms with Gasteiger partial charge in [0, 0.05) is 6.54 Å². The standard InChI is InChI=1S/C11H18F2N4O2/c1-4-19-11(18)8-9(10(12)13)17(15-14-8)7-5-6-16(2)3/h10H,4-7H2,1-3H3. The van der Waals surface area contributed by atoms with Crippen LogP contribution >= 0.6 is 0 Å². The lowest BCUT2D eigenvalue weighted by atomic mass is 10.3. The van der Waals surface area contributed by atoms with E-state index in [0.717, 1.165) is 11.2 Å². The Balaban J connectivity index is 2.84. The van der Waals surface area contributed by atoms with Crippen LogP contribution in [-0.4, -0.2) is 53.1 Å². The van der Waals surface area contributed by atoms with Crippen LogP contribution in [-0.2, 0) is 11.3 Å². The van der Waals surface area contributed by atoms with E-state index in [9.17, 15) is 13.6 Å². The first-order valence-electron chi connectivity index (χ1n) is 6.00. The van der Waals surface area contributed by atoms with Crippen molar-refractivity contribution in [3.8, 4) is 0 Å². The van der Waals surface area contributed by atoms with E-state index in [4.69, 9.17) is 0 Å². The Morgan fingerprint density at radius 1 is 1.47 bits per heavy atom. The van der Waals surface area contributed by atoms with E-state index in [2.05, 4.69) is 15.0 Å². The molecule has 0 unspecified atom stereocenters. The van der Waals surface area contributed by atoms with Crippen molar-refractivity contribution in [2.24, 2.45) is 0 Å². The normalized spacial score (nSPS) is 11.3. The highest BCUT2D eigenvalue weighted by Gasteiger charge is 2.27. The van der Waals surface area contributed by atoms with Gasteiger partial charge in [-0.15, -0.1) is 5.10 Å². The molecule has 0 aliphatic carbocycles. The van der Waals surface area contributed by atoms with Gasteiger partial charge in [-0.3, -0.25) is 0 Å². The summed E-state index contributed by atoms with van der Waals surface area (Å²) in [7, 11) is 3.78. The van der Waals surface area contributed by atoms with Crippen molar-refractivity contribution < 1.29 is 18.3 Å². The van der Waals surface area contributed by atoms with Crippen LogP contribution < -0.4 is 0 Å². The van der Waals surface area contributed by atoms with Gasteiger partial charge in [0.1, 0.15) is 5.69 Å². The maximum atomic E-state index is 13.0. The Labute approximate surface area is 110 Å². The Morgan fingerprint density at radius 3 is 2.68 bits per heavy atom. The van der Waals surface area contributed by atoms with E-state index in [0.29, 0.717) is 6.42 Å². The minimum absolute atomic E-state index is 0.106. The number of esters is 1. The zero-order chi connectivity index (χ0) is 14.4. The lowest BCUT2D eigenvalue weighted by molar-refractivity contribution is 0.0506. The summed E-state index contributed by atoms with van der Waals surface area (Å²) < 4.78 is 31.7. The molecule has 0 amide bonds. The Hall–Kier alpha value is -1.57. The summed E-state index contributed by atoms with van der Waals surface area (Å²) in [4.78, 5) is 13.4. The number of alkyl halides is 2. The maximum Gasteiger partial charge on any atom is 0.361 e. The summed E-state index contributed by atoms with van der Waals surface area (Å²) in [6.45, 7) is 2.72. The fourth-order valence-corrected chi connectivity index (χ4v) is 1.58. The Kier molecular flexibility index (Phi) is 5.81. The lowest BCUT2D eigenvalue weighted by Gasteiger charge is -2.10. The van der Waals surface area contributed by atoms with E-state index in [-0.39, 0.29) is 13.2 Å². The summed E-state index contributed by atoms with van der Waals surface area (Å²) in [5, 5.41) is 7.10. The summed E-state index contributed by atoms with van der Waals surface area (Å²) in [5.41, 5.74) is -0.876. The number of nitrogens with zero attached hydrogens (tertiary/aromatic N) is 4. The predicted octanol–water partition coefficient (Wildman–Crippen LogP) is 1.34. The van der Waals surface area contributed by atoms with E-state index >= 15 is 0 Å². The summed E-state index contributed by atoms with van der Waals surface area (Å²) in [6.07, 6.45) is -2.17. The molecule has 0 radical (unpaired) electrons. The number of aryl methyl sites for hydroxylation is 1. The number of halogens is 2. The lowest BCUT2D eigenvalue weighted by Crippen LogP contribution is -2.17. The van der Waals surface area contributed by atoms with Crippen LogP contribution in [0, 0.1) is 0 Å². The van der Waals surface area contributed by atoms with Crippen molar-refractivity contribution >= 4 is 5.97 Å². The van der Waals surface area contributed by atoms with Gasteiger partial charge in [0.05, 0.1) is 6.61 Å². The predicted molar refractivity (Wildman–Crippen MR) is 64.1 cm³/mol. The molecule has 0 aromatic carbocycles. The van der Waals surface area contributed by atoms with Crippen molar-refractivity contribution in [2.75, 3.05) is 27.2 Å². The SMILES string of the molecule is CCOC(=O)c1nnn(CCCN(C)C)c1C(F)F. The highest BCUT2D eigenvalue weighted by molar-refractivity contribution is 5.88. The molecular formula is C11H18F2N4O2. The first-order valence-corrected chi connectivity index (χ1v) is 6.00. The van der Waals surface area contributed by atoms with Gasteiger partial charge < -0.3 is 9.64 Å². The van der Waals surface area contributed by atoms with Gasteiger partial charge in [-0.1, -0.05) is 5.21 Å². The summed E-state index contributed by atoms with van der Waals surface area (Å²) in [5.74, 6) is -0.864. The molecule has 1 heterocycles.